The molecule has 1 aromatic carbocycles. The van der Waals surface area contributed by atoms with Crippen LogP contribution in [-0.4, -0.2) is 24.2 Å². The first kappa shape index (κ1) is 11.9. The number of carbonyl (C=O) groups is 1. The highest BCUT2D eigenvalue weighted by atomic mass is 16.5. The van der Waals surface area contributed by atoms with Gasteiger partial charge in [0.05, 0.1) is 18.7 Å². The third-order valence-corrected chi connectivity index (χ3v) is 2.05. The summed E-state index contributed by atoms with van der Waals surface area (Å²) in [6.07, 6.45) is 5.13. The SMILES string of the molecule is C#CC(C)NC(=O)c1ccc(OC)cc1O. The molecule has 4 nitrogen and oxygen atoms in total. The van der Waals surface area contributed by atoms with Crippen LogP contribution in [0.2, 0.25) is 0 Å². The molecule has 1 rings (SSSR count). The number of carbonyl (C=O) groups excluding carboxylic acids is 1. The Morgan fingerprint density at radius 2 is 2.31 bits per heavy atom. The predicted octanol–water partition coefficient (Wildman–Crippen LogP) is 1.15. The first-order valence-electron chi connectivity index (χ1n) is 4.72. The summed E-state index contributed by atoms with van der Waals surface area (Å²) in [6, 6.07) is 4.06. The van der Waals surface area contributed by atoms with E-state index < -0.39 is 5.91 Å². The van der Waals surface area contributed by atoms with Gasteiger partial charge in [0.15, 0.2) is 0 Å². The van der Waals surface area contributed by atoms with Crippen molar-refractivity contribution in [3.63, 3.8) is 0 Å². The lowest BCUT2D eigenvalue weighted by molar-refractivity contribution is 0.0945. The molecule has 0 aromatic heterocycles. The summed E-state index contributed by atoms with van der Waals surface area (Å²) < 4.78 is 4.91. The Morgan fingerprint density at radius 1 is 1.62 bits per heavy atom. The quantitative estimate of drug-likeness (QED) is 0.750. The average molecular weight is 219 g/mol. The Morgan fingerprint density at radius 3 is 2.81 bits per heavy atom. The van der Waals surface area contributed by atoms with Gasteiger partial charge in [0.1, 0.15) is 11.5 Å². The normalized spacial score (nSPS) is 11.3. The fourth-order valence-electron chi connectivity index (χ4n) is 1.15. The molecule has 2 N–H and O–H groups in total. The zero-order valence-corrected chi connectivity index (χ0v) is 9.15. The Kier molecular flexibility index (Phi) is 3.78. The molecule has 4 heteroatoms. The lowest BCUT2D eigenvalue weighted by atomic mass is 10.1. The van der Waals surface area contributed by atoms with E-state index in [1.807, 2.05) is 0 Å². The molecule has 1 amide bonds. The van der Waals surface area contributed by atoms with Crippen molar-refractivity contribution in [2.45, 2.75) is 13.0 Å². The van der Waals surface area contributed by atoms with Crippen molar-refractivity contribution in [2.75, 3.05) is 7.11 Å². The number of rotatable bonds is 3. The van der Waals surface area contributed by atoms with Crippen LogP contribution in [0.15, 0.2) is 18.2 Å². The number of hydrogen-bond acceptors (Lipinski definition) is 3. The smallest absolute Gasteiger partial charge is 0.255 e. The molecule has 1 unspecified atom stereocenters. The first-order valence-corrected chi connectivity index (χ1v) is 4.72. The maximum atomic E-state index is 11.6. The van der Waals surface area contributed by atoms with Crippen molar-refractivity contribution in [3.8, 4) is 23.8 Å². The van der Waals surface area contributed by atoms with E-state index in [0.717, 1.165) is 0 Å². The van der Waals surface area contributed by atoms with Gasteiger partial charge in [-0.3, -0.25) is 4.79 Å². The van der Waals surface area contributed by atoms with Crippen molar-refractivity contribution < 1.29 is 14.6 Å². The van der Waals surface area contributed by atoms with E-state index in [2.05, 4.69) is 11.2 Å². The van der Waals surface area contributed by atoms with Gasteiger partial charge in [0.25, 0.3) is 5.91 Å². The predicted molar refractivity (Wildman–Crippen MR) is 60.4 cm³/mol. The van der Waals surface area contributed by atoms with E-state index in [1.165, 1.54) is 19.2 Å². The summed E-state index contributed by atoms with van der Waals surface area (Å²) in [5, 5.41) is 12.1. The summed E-state index contributed by atoms with van der Waals surface area (Å²) in [4.78, 5) is 11.6. The summed E-state index contributed by atoms with van der Waals surface area (Å²) in [7, 11) is 1.48. The van der Waals surface area contributed by atoms with Crippen LogP contribution < -0.4 is 10.1 Å². The van der Waals surface area contributed by atoms with Gasteiger partial charge < -0.3 is 15.2 Å². The van der Waals surface area contributed by atoms with E-state index in [-0.39, 0.29) is 17.4 Å². The number of phenolic OH excluding ortho intramolecular Hbond substituents is 1. The van der Waals surface area contributed by atoms with Gasteiger partial charge in [-0.25, -0.2) is 0 Å². The second kappa shape index (κ2) is 5.08. The molecule has 0 aliphatic rings. The minimum atomic E-state index is -0.411. The van der Waals surface area contributed by atoms with E-state index in [4.69, 9.17) is 11.2 Å². The molecule has 0 aliphatic carbocycles. The third-order valence-electron chi connectivity index (χ3n) is 2.05. The number of methoxy groups -OCH3 is 1. The molecule has 0 bridgehead atoms. The highest BCUT2D eigenvalue weighted by Gasteiger charge is 2.13. The van der Waals surface area contributed by atoms with Crippen LogP contribution in [0, 0.1) is 12.3 Å². The van der Waals surface area contributed by atoms with Gasteiger partial charge in [0.2, 0.25) is 0 Å². The van der Waals surface area contributed by atoms with Crippen LogP contribution >= 0.6 is 0 Å². The second-order valence-electron chi connectivity index (χ2n) is 3.24. The molecule has 0 aliphatic heterocycles. The molecule has 1 atom stereocenters. The van der Waals surface area contributed by atoms with Crippen LogP contribution in [-0.2, 0) is 0 Å². The summed E-state index contributed by atoms with van der Waals surface area (Å²) in [5.74, 6) is 2.31. The van der Waals surface area contributed by atoms with Gasteiger partial charge in [-0.2, -0.15) is 0 Å². The minimum absolute atomic E-state index is 0.138. The standard InChI is InChI=1S/C12H13NO3/c1-4-8(2)13-12(15)10-6-5-9(16-3)7-11(10)14/h1,5-8,14H,2-3H3,(H,13,15). The maximum Gasteiger partial charge on any atom is 0.255 e. The molecule has 84 valence electrons. The van der Waals surface area contributed by atoms with Gasteiger partial charge in [-0.15, -0.1) is 6.42 Å². The lowest BCUT2D eigenvalue weighted by Crippen LogP contribution is -2.31. The van der Waals surface area contributed by atoms with Gasteiger partial charge in [0, 0.05) is 6.07 Å². The van der Waals surface area contributed by atoms with Gasteiger partial charge >= 0.3 is 0 Å². The Hall–Kier alpha value is -2.15. The van der Waals surface area contributed by atoms with Gasteiger partial charge in [-0.1, -0.05) is 5.92 Å². The van der Waals surface area contributed by atoms with Crippen LogP contribution in [0.25, 0.3) is 0 Å². The number of phenols is 1. The summed E-state index contributed by atoms with van der Waals surface area (Å²) >= 11 is 0. The first-order chi connectivity index (χ1) is 7.58. The molecule has 0 heterocycles. The minimum Gasteiger partial charge on any atom is -0.507 e. The van der Waals surface area contributed by atoms with E-state index in [1.54, 1.807) is 13.0 Å². The van der Waals surface area contributed by atoms with Crippen molar-refractivity contribution in [1.29, 1.82) is 0 Å². The largest absolute Gasteiger partial charge is 0.507 e. The Bertz CT molecular complexity index is 434. The highest BCUT2D eigenvalue weighted by Crippen LogP contribution is 2.23. The van der Waals surface area contributed by atoms with Crippen LogP contribution in [0.1, 0.15) is 17.3 Å². The lowest BCUT2D eigenvalue weighted by Gasteiger charge is -2.09. The van der Waals surface area contributed by atoms with Gasteiger partial charge in [-0.05, 0) is 19.1 Å². The molecule has 0 radical (unpaired) electrons. The van der Waals surface area contributed by atoms with Crippen molar-refractivity contribution in [1.82, 2.24) is 5.32 Å². The second-order valence-corrected chi connectivity index (χ2v) is 3.24. The number of aromatic hydroxyl groups is 1. The Balaban J connectivity index is 2.89. The molecule has 0 saturated heterocycles. The molecular weight excluding hydrogens is 206 g/mol. The highest BCUT2D eigenvalue weighted by molar-refractivity contribution is 5.97. The number of ether oxygens (including phenoxy) is 1. The molecule has 0 spiro atoms. The van der Waals surface area contributed by atoms with E-state index >= 15 is 0 Å². The van der Waals surface area contributed by atoms with Crippen LogP contribution in [0.4, 0.5) is 0 Å². The molecule has 16 heavy (non-hydrogen) atoms. The average Bonchev–Trinajstić information content (AvgIpc) is 2.28. The zero-order valence-electron chi connectivity index (χ0n) is 9.15. The number of nitrogens with one attached hydrogen (secondary N) is 1. The fraction of sp³-hybridized carbons (Fsp3) is 0.250. The third kappa shape index (κ3) is 2.67. The molecular formula is C12H13NO3. The van der Waals surface area contributed by atoms with Crippen LogP contribution in [0.3, 0.4) is 0 Å². The summed E-state index contributed by atoms with van der Waals surface area (Å²) in [6.45, 7) is 1.68. The number of terminal acetylenes is 1. The maximum absolute atomic E-state index is 11.6. The number of benzene rings is 1. The van der Waals surface area contributed by atoms with E-state index in [0.29, 0.717) is 5.75 Å². The van der Waals surface area contributed by atoms with Crippen molar-refractivity contribution in [3.05, 3.63) is 23.8 Å². The zero-order chi connectivity index (χ0) is 12.1. The number of amides is 1. The van der Waals surface area contributed by atoms with Crippen molar-refractivity contribution in [2.24, 2.45) is 0 Å². The topological polar surface area (TPSA) is 58.6 Å². The van der Waals surface area contributed by atoms with Crippen LogP contribution in [0.5, 0.6) is 11.5 Å². The van der Waals surface area contributed by atoms with E-state index in [9.17, 15) is 9.90 Å². The molecule has 0 saturated carbocycles. The Labute approximate surface area is 94.2 Å². The van der Waals surface area contributed by atoms with Crippen molar-refractivity contribution >= 4 is 5.91 Å². The fourth-order valence-corrected chi connectivity index (χ4v) is 1.15. The summed E-state index contributed by atoms with van der Waals surface area (Å²) in [5.41, 5.74) is 0.169. The monoisotopic (exact) mass is 219 g/mol. The molecule has 1 aromatic rings. The molecule has 0 fully saturated rings. The number of hydrogen-bond donors (Lipinski definition) is 2.